The Bertz CT molecular complexity index is 1140. The molecule has 0 amide bonds. The third-order valence-corrected chi connectivity index (χ3v) is 5.71. The van der Waals surface area contributed by atoms with Crippen LogP contribution in [0.1, 0.15) is 29.6 Å². The zero-order valence-corrected chi connectivity index (χ0v) is 16.2. The van der Waals surface area contributed by atoms with Gasteiger partial charge in [0.25, 0.3) is 0 Å². The van der Waals surface area contributed by atoms with Gasteiger partial charge in [-0.15, -0.1) is 0 Å². The third-order valence-electron chi connectivity index (χ3n) is 5.38. The molecule has 5 rings (SSSR count). The summed E-state index contributed by atoms with van der Waals surface area (Å²) in [6.07, 6.45) is 2.08. The van der Waals surface area contributed by atoms with Crippen molar-refractivity contribution in [3.05, 3.63) is 101 Å². The molecular formula is C23H18ClFN4. The molecule has 0 radical (unpaired) electrons. The summed E-state index contributed by atoms with van der Waals surface area (Å²) in [6, 6.07) is 22.9. The number of anilines is 1. The lowest BCUT2D eigenvalue weighted by molar-refractivity contribution is 0.416. The van der Waals surface area contributed by atoms with E-state index < -0.39 is 0 Å². The molecule has 4 aromatic rings. The molecule has 0 saturated carbocycles. The monoisotopic (exact) mass is 404 g/mol. The van der Waals surface area contributed by atoms with E-state index >= 15 is 0 Å². The summed E-state index contributed by atoms with van der Waals surface area (Å²) in [4.78, 5) is 4.35. The first-order chi connectivity index (χ1) is 14.2. The van der Waals surface area contributed by atoms with E-state index in [1.54, 1.807) is 16.8 Å². The highest BCUT2D eigenvalue weighted by atomic mass is 35.5. The van der Waals surface area contributed by atoms with Gasteiger partial charge in [0.05, 0.1) is 12.1 Å². The number of nitrogens with one attached hydrogen (secondary N) is 1. The van der Waals surface area contributed by atoms with Gasteiger partial charge < -0.3 is 5.32 Å². The van der Waals surface area contributed by atoms with E-state index in [2.05, 4.69) is 39.7 Å². The number of hydrogen-bond donors (Lipinski definition) is 1. The van der Waals surface area contributed by atoms with Crippen LogP contribution >= 0.6 is 11.6 Å². The van der Waals surface area contributed by atoms with Crippen molar-refractivity contribution < 1.29 is 4.39 Å². The predicted molar refractivity (Wildman–Crippen MR) is 112 cm³/mol. The molecule has 29 heavy (non-hydrogen) atoms. The van der Waals surface area contributed by atoms with E-state index in [-0.39, 0.29) is 17.9 Å². The summed E-state index contributed by atoms with van der Waals surface area (Å²) in [5, 5.41) is 8.19. The van der Waals surface area contributed by atoms with Crippen molar-refractivity contribution in [3.8, 4) is 11.1 Å². The van der Waals surface area contributed by atoms with Crippen molar-refractivity contribution in [2.24, 2.45) is 0 Å². The molecule has 0 bridgehead atoms. The fourth-order valence-corrected chi connectivity index (χ4v) is 4.36. The first-order valence-electron chi connectivity index (χ1n) is 9.46. The van der Waals surface area contributed by atoms with Crippen molar-refractivity contribution in [3.63, 3.8) is 0 Å². The van der Waals surface area contributed by atoms with Crippen molar-refractivity contribution >= 4 is 17.5 Å². The highest BCUT2D eigenvalue weighted by Crippen LogP contribution is 2.42. The van der Waals surface area contributed by atoms with Crippen molar-refractivity contribution in [2.75, 3.05) is 5.32 Å². The van der Waals surface area contributed by atoms with E-state index in [9.17, 15) is 4.39 Å². The van der Waals surface area contributed by atoms with Crippen LogP contribution in [-0.4, -0.2) is 14.8 Å². The van der Waals surface area contributed by atoms with Crippen LogP contribution in [0.25, 0.3) is 11.1 Å². The molecule has 1 aromatic heterocycles. The minimum atomic E-state index is -0.351. The Morgan fingerprint density at radius 2 is 1.76 bits per heavy atom. The second kappa shape index (κ2) is 7.33. The Labute approximate surface area is 173 Å². The second-order valence-electron chi connectivity index (χ2n) is 7.07. The van der Waals surface area contributed by atoms with E-state index in [4.69, 9.17) is 11.6 Å². The second-order valence-corrected chi connectivity index (χ2v) is 7.47. The van der Waals surface area contributed by atoms with Crippen molar-refractivity contribution in [1.29, 1.82) is 0 Å². The van der Waals surface area contributed by atoms with E-state index in [0.717, 1.165) is 16.7 Å². The molecule has 0 saturated heterocycles. The van der Waals surface area contributed by atoms with Gasteiger partial charge in [-0.05, 0) is 35.2 Å². The highest BCUT2D eigenvalue weighted by molar-refractivity contribution is 6.31. The Kier molecular flexibility index (Phi) is 4.52. The van der Waals surface area contributed by atoms with Crippen LogP contribution in [0.3, 0.4) is 0 Å². The average Bonchev–Trinajstić information content (AvgIpc) is 3.23. The normalized spacial score (nSPS) is 18.1. The first-order valence-corrected chi connectivity index (χ1v) is 9.84. The summed E-state index contributed by atoms with van der Waals surface area (Å²) >= 11 is 6.40. The molecule has 2 unspecified atom stereocenters. The van der Waals surface area contributed by atoms with E-state index in [0.29, 0.717) is 23.0 Å². The molecule has 6 heteroatoms. The SMILES string of the molecule is Fc1cccc(Cl)c1C1CC(c2ccccc2-c2ccccc2)Nc2ncnn21. The molecule has 1 aliphatic heterocycles. The first kappa shape index (κ1) is 17.9. The van der Waals surface area contributed by atoms with Crippen LogP contribution in [-0.2, 0) is 0 Å². The maximum atomic E-state index is 14.7. The number of nitrogens with zero attached hydrogens (tertiary/aromatic N) is 3. The zero-order valence-electron chi connectivity index (χ0n) is 15.5. The highest BCUT2D eigenvalue weighted by Gasteiger charge is 2.33. The molecule has 1 N–H and O–H groups in total. The maximum Gasteiger partial charge on any atom is 0.222 e. The van der Waals surface area contributed by atoms with Crippen LogP contribution in [0.5, 0.6) is 0 Å². The number of hydrogen-bond acceptors (Lipinski definition) is 3. The third kappa shape index (κ3) is 3.17. The maximum absolute atomic E-state index is 14.7. The Morgan fingerprint density at radius 1 is 0.966 bits per heavy atom. The van der Waals surface area contributed by atoms with E-state index in [1.807, 2.05) is 30.3 Å². The quantitative estimate of drug-likeness (QED) is 0.463. The van der Waals surface area contributed by atoms with Crippen LogP contribution in [0.2, 0.25) is 5.02 Å². The van der Waals surface area contributed by atoms with E-state index in [1.165, 1.54) is 12.4 Å². The summed E-state index contributed by atoms with van der Waals surface area (Å²) in [7, 11) is 0. The summed E-state index contributed by atoms with van der Waals surface area (Å²) in [6.45, 7) is 0. The molecular weight excluding hydrogens is 387 g/mol. The summed E-state index contributed by atoms with van der Waals surface area (Å²) in [5.74, 6) is 0.273. The molecule has 2 atom stereocenters. The molecule has 4 nitrogen and oxygen atoms in total. The molecule has 144 valence electrons. The minimum Gasteiger partial charge on any atom is -0.347 e. The van der Waals surface area contributed by atoms with Gasteiger partial charge in [-0.3, -0.25) is 0 Å². The number of benzene rings is 3. The summed E-state index contributed by atoms with van der Waals surface area (Å²) < 4.78 is 16.5. The smallest absolute Gasteiger partial charge is 0.222 e. The number of halogens is 2. The van der Waals surface area contributed by atoms with Gasteiger partial charge in [0.2, 0.25) is 5.95 Å². The molecule has 0 fully saturated rings. The lowest BCUT2D eigenvalue weighted by Gasteiger charge is -2.33. The lowest BCUT2D eigenvalue weighted by atomic mass is 9.88. The van der Waals surface area contributed by atoms with Crippen LogP contribution < -0.4 is 5.32 Å². The number of fused-ring (bicyclic) bond motifs is 1. The van der Waals surface area contributed by atoms with Crippen molar-refractivity contribution in [2.45, 2.75) is 18.5 Å². The van der Waals surface area contributed by atoms with Gasteiger partial charge in [-0.2, -0.15) is 10.1 Å². The van der Waals surface area contributed by atoms with Gasteiger partial charge in [0.15, 0.2) is 0 Å². The zero-order chi connectivity index (χ0) is 19.8. The van der Waals surface area contributed by atoms with Gasteiger partial charge in [0.1, 0.15) is 12.1 Å². The predicted octanol–water partition coefficient (Wildman–Crippen LogP) is 5.88. The largest absolute Gasteiger partial charge is 0.347 e. The number of rotatable bonds is 3. The van der Waals surface area contributed by atoms with Crippen molar-refractivity contribution in [1.82, 2.24) is 14.8 Å². The van der Waals surface area contributed by atoms with Gasteiger partial charge in [0, 0.05) is 10.6 Å². The molecule has 0 aliphatic carbocycles. The minimum absolute atomic E-state index is 0.0659. The Balaban J connectivity index is 1.61. The topological polar surface area (TPSA) is 42.7 Å². The molecule has 1 aliphatic rings. The van der Waals surface area contributed by atoms with Crippen LogP contribution in [0, 0.1) is 5.82 Å². The molecule has 2 heterocycles. The Hall–Kier alpha value is -3.18. The van der Waals surface area contributed by atoms with Gasteiger partial charge >= 0.3 is 0 Å². The van der Waals surface area contributed by atoms with Gasteiger partial charge in [-0.25, -0.2) is 9.07 Å². The van der Waals surface area contributed by atoms with Crippen LogP contribution in [0.15, 0.2) is 79.1 Å². The van der Waals surface area contributed by atoms with Crippen LogP contribution in [0.4, 0.5) is 10.3 Å². The number of aromatic nitrogens is 3. The lowest BCUT2D eigenvalue weighted by Crippen LogP contribution is -2.29. The Morgan fingerprint density at radius 3 is 2.59 bits per heavy atom. The average molecular weight is 405 g/mol. The summed E-state index contributed by atoms with van der Waals surface area (Å²) in [5.41, 5.74) is 3.85. The standard InChI is InChI=1S/C23H18ClFN4/c24-18-11-6-12-19(25)22(18)21-13-20(28-23-26-14-27-29(21)23)17-10-5-4-9-16(17)15-7-2-1-3-8-15/h1-12,14,20-21H,13H2,(H,26,27,28). The molecule has 0 spiro atoms. The van der Waals surface area contributed by atoms with Gasteiger partial charge in [-0.1, -0.05) is 72.3 Å². The molecule has 3 aromatic carbocycles. The fourth-order valence-electron chi connectivity index (χ4n) is 4.07. The fraction of sp³-hybridized carbons (Fsp3) is 0.130.